The molecule has 142 valence electrons. The summed E-state index contributed by atoms with van der Waals surface area (Å²) < 4.78 is 20.6. The molecule has 2 amide bonds. The van der Waals surface area contributed by atoms with Crippen molar-refractivity contribution in [3.8, 4) is 18.1 Å². The lowest BCUT2D eigenvalue weighted by atomic mass is 10.2. The molecule has 0 unspecified atom stereocenters. The van der Waals surface area contributed by atoms with E-state index in [0.29, 0.717) is 17.3 Å². The predicted octanol–water partition coefficient (Wildman–Crippen LogP) is 5.28. The number of amides is 2. The van der Waals surface area contributed by atoms with Gasteiger partial charge in [-0.3, -0.25) is 14.5 Å². The predicted molar refractivity (Wildman–Crippen MR) is 124 cm³/mol. The molecule has 0 spiro atoms. The maximum absolute atomic E-state index is 13.0. The molecule has 1 aliphatic heterocycles. The van der Waals surface area contributed by atoms with Crippen molar-refractivity contribution in [1.29, 1.82) is 0 Å². The minimum atomic E-state index is -0.380. The number of imide groups is 1. The van der Waals surface area contributed by atoms with E-state index in [2.05, 4.69) is 51.1 Å². The molecule has 8 heteroatoms. The van der Waals surface area contributed by atoms with Gasteiger partial charge in [0.05, 0.1) is 18.6 Å². The highest BCUT2D eigenvalue weighted by Crippen LogP contribution is 2.34. The Hall–Kier alpha value is -1.58. The van der Waals surface area contributed by atoms with Crippen LogP contribution in [0.2, 0.25) is 0 Å². The van der Waals surface area contributed by atoms with Gasteiger partial charge in [-0.15, -0.1) is 6.42 Å². The fraction of sp³-hybridized carbons (Fsp3) is 0.100. The van der Waals surface area contributed by atoms with Crippen LogP contribution in [0, 0.1) is 25.3 Å². The summed E-state index contributed by atoms with van der Waals surface area (Å²) in [5.41, 5.74) is 1.65. The summed E-state index contributed by atoms with van der Waals surface area (Å²) in [5.74, 6) is 2.36. The van der Waals surface area contributed by atoms with Crippen LogP contribution >= 0.6 is 56.9 Å². The monoisotopic (exact) mass is 619 g/mol. The van der Waals surface area contributed by atoms with Crippen LogP contribution in [0.25, 0.3) is 6.08 Å². The first-order chi connectivity index (χ1) is 13.4. The Morgan fingerprint density at radius 3 is 2.43 bits per heavy atom. The van der Waals surface area contributed by atoms with E-state index in [0.717, 1.165) is 34.9 Å². The molecule has 3 rings (SSSR count). The number of ether oxygens (including phenoxy) is 1. The molecule has 1 fully saturated rings. The van der Waals surface area contributed by atoms with Crippen LogP contribution in [-0.2, 0) is 11.4 Å². The van der Waals surface area contributed by atoms with E-state index in [9.17, 15) is 14.0 Å². The maximum Gasteiger partial charge on any atom is 0.294 e. The lowest BCUT2D eigenvalue weighted by Gasteiger charge is -2.12. The van der Waals surface area contributed by atoms with Crippen molar-refractivity contribution >= 4 is 74.2 Å². The smallest absolute Gasteiger partial charge is 0.294 e. The number of terminal acetylenes is 1. The molecule has 0 aromatic heterocycles. The van der Waals surface area contributed by atoms with Crippen LogP contribution in [0.3, 0.4) is 0 Å². The standard InChI is InChI=1S/C20H12FI2NO3S/c1-2-7-24-19(25)17(28-20(24)26)10-13-8-15(22)18(16(23)9-13)27-11-12-3-5-14(21)6-4-12/h1,3-6,8-10H,7,11H2/b17-10+. The van der Waals surface area contributed by atoms with Crippen molar-refractivity contribution in [3.63, 3.8) is 0 Å². The number of benzene rings is 2. The SMILES string of the molecule is C#CCN1C(=O)S/C(=C/c2cc(I)c(OCc3ccc(F)cc3)c(I)c2)C1=O. The van der Waals surface area contributed by atoms with Crippen LogP contribution in [0.1, 0.15) is 11.1 Å². The van der Waals surface area contributed by atoms with Crippen molar-refractivity contribution in [2.24, 2.45) is 0 Å². The van der Waals surface area contributed by atoms with Gasteiger partial charge in [0.1, 0.15) is 18.2 Å². The average molecular weight is 619 g/mol. The zero-order valence-corrected chi connectivity index (χ0v) is 19.4. The highest BCUT2D eigenvalue weighted by Gasteiger charge is 2.34. The highest BCUT2D eigenvalue weighted by molar-refractivity contribution is 14.1. The van der Waals surface area contributed by atoms with Gasteiger partial charge in [-0.05, 0) is 98.4 Å². The largest absolute Gasteiger partial charge is 0.487 e. The van der Waals surface area contributed by atoms with Crippen LogP contribution in [0.4, 0.5) is 9.18 Å². The third-order valence-corrected chi connectivity index (χ3v) is 6.25. The number of nitrogens with zero attached hydrogens (tertiary/aromatic N) is 1. The second-order valence-corrected chi connectivity index (χ2v) is 9.02. The molecule has 0 saturated carbocycles. The molecule has 1 saturated heterocycles. The van der Waals surface area contributed by atoms with Gasteiger partial charge in [0.15, 0.2) is 0 Å². The van der Waals surface area contributed by atoms with E-state index in [1.807, 2.05) is 12.1 Å². The van der Waals surface area contributed by atoms with Gasteiger partial charge in [-0.2, -0.15) is 0 Å². The zero-order chi connectivity index (χ0) is 20.3. The molecule has 2 aromatic rings. The van der Waals surface area contributed by atoms with Crippen molar-refractivity contribution in [1.82, 2.24) is 4.90 Å². The lowest BCUT2D eigenvalue weighted by molar-refractivity contribution is -0.122. The summed E-state index contributed by atoms with van der Waals surface area (Å²) in [5, 5.41) is -0.363. The van der Waals surface area contributed by atoms with E-state index < -0.39 is 0 Å². The van der Waals surface area contributed by atoms with Gasteiger partial charge in [0.25, 0.3) is 11.1 Å². The van der Waals surface area contributed by atoms with E-state index in [1.54, 1.807) is 18.2 Å². The van der Waals surface area contributed by atoms with E-state index in [-0.39, 0.29) is 23.5 Å². The van der Waals surface area contributed by atoms with E-state index in [1.165, 1.54) is 12.1 Å². The number of hydrogen-bond acceptors (Lipinski definition) is 4. The van der Waals surface area contributed by atoms with Gasteiger partial charge in [-0.1, -0.05) is 18.1 Å². The van der Waals surface area contributed by atoms with Gasteiger partial charge in [0.2, 0.25) is 0 Å². The molecule has 0 atom stereocenters. The second-order valence-electron chi connectivity index (χ2n) is 5.70. The van der Waals surface area contributed by atoms with Gasteiger partial charge in [0, 0.05) is 0 Å². The normalized spacial score (nSPS) is 15.2. The third kappa shape index (κ3) is 4.87. The Balaban J connectivity index is 1.78. The summed E-state index contributed by atoms with van der Waals surface area (Å²) in [4.78, 5) is 25.6. The summed E-state index contributed by atoms with van der Waals surface area (Å²) >= 11 is 5.19. The highest BCUT2D eigenvalue weighted by atomic mass is 127. The van der Waals surface area contributed by atoms with Crippen LogP contribution < -0.4 is 4.74 Å². The summed E-state index contributed by atoms with van der Waals surface area (Å²) in [6, 6.07) is 9.89. The van der Waals surface area contributed by atoms with Gasteiger partial charge < -0.3 is 4.74 Å². The van der Waals surface area contributed by atoms with Crippen molar-refractivity contribution in [3.05, 3.63) is 65.4 Å². The first kappa shape index (κ1) is 21.1. The number of carbonyl (C=O) groups excluding carboxylic acids is 2. The molecule has 0 N–H and O–H groups in total. The molecule has 0 bridgehead atoms. The summed E-state index contributed by atoms with van der Waals surface area (Å²) in [6.45, 7) is 0.282. The molecule has 1 heterocycles. The first-order valence-corrected chi connectivity index (χ1v) is 10.9. The Labute approximate surface area is 193 Å². The van der Waals surface area contributed by atoms with E-state index in [4.69, 9.17) is 11.2 Å². The fourth-order valence-electron chi connectivity index (χ4n) is 2.42. The number of thioether (sulfide) groups is 1. The van der Waals surface area contributed by atoms with Crippen LogP contribution in [-0.4, -0.2) is 22.6 Å². The number of carbonyl (C=O) groups is 2. The molecule has 1 aliphatic rings. The number of hydrogen-bond donors (Lipinski definition) is 0. The number of halogens is 3. The molecule has 28 heavy (non-hydrogen) atoms. The Kier molecular flexibility index (Phi) is 7.00. The van der Waals surface area contributed by atoms with Crippen LogP contribution in [0.5, 0.6) is 5.75 Å². The quantitative estimate of drug-likeness (QED) is 0.260. The number of rotatable bonds is 5. The molecule has 2 aromatic carbocycles. The molecular weight excluding hydrogens is 607 g/mol. The zero-order valence-electron chi connectivity index (χ0n) is 14.2. The fourth-order valence-corrected chi connectivity index (χ4v) is 5.38. The minimum Gasteiger partial charge on any atom is -0.487 e. The van der Waals surface area contributed by atoms with E-state index >= 15 is 0 Å². The second kappa shape index (κ2) is 9.28. The lowest BCUT2D eigenvalue weighted by Crippen LogP contribution is -2.28. The topological polar surface area (TPSA) is 46.6 Å². The first-order valence-electron chi connectivity index (χ1n) is 7.94. The maximum atomic E-state index is 13.0. The van der Waals surface area contributed by atoms with Crippen molar-refractivity contribution < 1.29 is 18.7 Å². The minimum absolute atomic E-state index is 0.0345. The average Bonchev–Trinajstić information content (AvgIpc) is 2.90. The Bertz CT molecular complexity index is 992. The molecule has 0 aliphatic carbocycles. The Morgan fingerprint density at radius 1 is 1.18 bits per heavy atom. The Morgan fingerprint density at radius 2 is 1.82 bits per heavy atom. The van der Waals surface area contributed by atoms with Gasteiger partial charge in [-0.25, -0.2) is 4.39 Å². The third-order valence-electron chi connectivity index (χ3n) is 3.74. The van der Waals surface area contributed by atoms with Crippen molar-refractivity contribution in [2.75, 3.05) is 6.54 Å². The van der Waals surface area contributed by atoms with Crippen molar-refractivity contribution in [2.45, 2.75) is 6.61 Å². The molecule has 4 nitrogen and oxygen atoms in total. The summed E-state index contributed by atoms with van der Waals surface area (Å²) in [6.07, 6.45) is 6.88. The summed E-state index contributed by atoms with van der Waals surface area (Å²) in [7, 11) is 0. The molecule has 0 radical (unpaired) electrons. The molecular formula is C20H12FI2NO3S. The van der Waals surface area contributed by atoms with Gasteiger partial charge >= 0.3 is 0 Å². The van der Waals surface area contributed by atoms with Crippen LogP contribution in [0.15, 0.2) is 41.3 Å².